The van der Waals surface area contributed by atoms with E-state index in [1.165, 1.54) is 20.9 Å². The van der Waals surface area contributed by atoms with Crippen molar-refractivity contribution in [2.45, 2.75) is 26.6 Å². The lowest BCUT2D eigenvalue weighted by atomic mass is 10.1. The summed E-state index contributed by atoms with van der Waals surface area (Å²) in [5, 5.41) is 3.54. The lowest BCUT2D eigenvalue weighted by molar-refractivity contribution is 0.400. The van der Waals surface area contributed by atoms with E-state index < -0.39 is 0 Å². The monoisotopic (exact) mass is 274 g/mol. The van der Waals surface area contributed by atoms with Crippen molar-refractivity contribution in [1.82, 2.24) is 10.2 Å². The van der Waals surface area contributed by atoms with Gasteiger partial charge in [-0.15, -0.1) is 11.3 Å². The van der Waals surface area contributed by atoms with Crippen molar-refractivity contribution in [1.29, 1.82) is 0 Å². The van der Waals surface area contributed by atoms with Gasteiger partial charge < -0.3 is 10.2 Å². The second-order valence-electron chi connectivity index (χ2n) is 5.12. The van der Waals surface area contributed by atoms with Crippen LogP contribution in [-0.2, 0) is 19.6 Å². The Hall–Kier alpha value is -1.16. The smallest absolute Gasteiger partial charge is 0.0303 e. The molecule has 2 rings (SSSR count). The van der Waals surface area contributed by atoms with Gasteiger partial charge in [0.1, 0.15) is 0 Å². The first-order valence-electron chi connectivity index (χ1n) is 6.62. The van der Waals surface area contributed by atoms with Gasteiger partial charge in [-0.05, 0) is 44.3 Å². The van der Waals surface area contributed by atoms with Crippen LogP contribution in [0.4, 0.5) is 0 Å². The number of hydrogen-bond donors (Lipinski definition) is 1. The lowest BCUT2D eigenvalue weighted by Crippen LogP contribution is -2.16. The molecule has 0 aliphatic rings. The summed E-state index contributed by atoms with van der Waals surface area (Å²) >= 11 is 1.87. The quantitative estimate of drug-likeness (QED) is 0.868. The third-order valence-electron chi connectivity index (χ3n) is 3.02. The highest BCUT2D eigenvalue weighted by Gasteiger charge is 2.03. The van der Waals surface area contributed by atoms with Gasteiger partial charge in [0.25, 0.3) is 0 Å². The standard InChI is InChI=1S/C16H22N2S/c1-13-8-9-16(19-13)11-17-10-14-6-4-5-7-15(14)12-18(2)3/h4-9,17H,10-12H2,1-3H3. The molecule has 2 aromatic rings. The van der Waals surface area contributed by atoms with Crippen molar-refractivity contribution in [3.63, 3.8) is 0 Å². The average molecular weight is 274 g/mol. The van der Waals surface area contributed by atoms with Gasteiger partial charge in [0, 0.05) is 29.4 Å². The molecular formula is C16H22N2S. The van der Waals surface area contributed by atoms with Gasteiger partial charge >= 0.3 is 0 Å². The zero-order chi connectivity index (χ0) is 13.7. The van der Waals surface area contributed by atoms with Crippen molar-refractivity contribution in [3.05, 3.63) is 57.3 Å². The van der Waals surface area contributed by atoms with Crippen LogP contribution < -0.4 is 5.32 Å². The van der Waals surface area contributed by atoms with E-state index in [4.69, 9.17) is 0 Å². The van der Waals surface area contributed by atoms with Crippen LogP contribution in [0.3, 0.4) is 0 Å². The van der Waals surface area contributed by atoms with Crippen LogP contribution in [0.1, 0.15) is 20.9 Å². The molecule has 0 saturated carbocycles. The Kier molecular flexibility index (Phi) is 5.14. The first-order chi connectivity index (χ1) is 9.15. The summed E-state index contributed by atoms with van der Waals surface area (Å²) in [5.41, 5.74) is 2.80. The Morgan fingerprint density at radius 1 is 1.00 bits per heavy atom. The summed E-state index contributed by atoms with van der Waals surface area (Å²) in [4.78, 5) is 4.99. The molecule has 0 aliphatic heterocycles. The summed E-state index contributed by atoms with van der Waals surface area (Å²) < 4.78 is 0. The summed E-state index contributed by atoms with van der Waals surface area (Å²) in [6.07, 6.45) is 0. The SMILES string of the molecule is Cc1ccc(CNCc2ccccc2CN(C)C)s1. The molecule has 0 saturated heterocycles. The fraction of sp³-hybridized carbons (Fsp3) is 0.375. The molecule has 1 N–H and O–H groups in total. The summed E-state index contributed by atoms with van der Waals surface area (Å²) in [5.74, 6) is 0. The van der Waals surface area contributed by atoms with Gasteiger partial charge in [-0.1, -0.05) is 24.3 Å². The molecule has 0 aliphatic carbocycles. The zero-order valence-corrected chi connectivity index (χ0v) is 12.8. The molecule has 1 heterocycles. The highest BCUT2D eigenvalue weighted by Crippen LogP contribution is 2.15. The van der Waals surface area contributed by atoms with Crippen molar-refractivity contribution in [2.75, 3.05) is 14.1 Å². The number of aryl methyl sites for hydroxylation is 1. The van der Waals surface area contributed by atoms with Gasteiger partial charge in [0.15, 0.2) is 0 Å². The van der Waals surface area contributed by atoms with Crippen molar-refractivity contribution in [3.8, 4) is 0 Å². The minimum atomic E-state index is 0.932. The lowest BCUT2D eigenvalue weighted by Gasteiger charge is -2.14. The fourth-order valence-electron chi connectivity index (χ4n) is 2.13. The molecule has 0 amide bonds. The minimum Gasteiger partial charge on any atom is -0.308 e. The maximum atomic E-state index is 3.54. The van der Waals surface area contributed by atoms with E-state index in [1.54, 1.807) is 0 Å². The van der Waals surface area contributed by atoms with Crippen molar-refractivity contribution >= 4 is 11.3 Å². The van der Waals surface area contributed by atoms with Crippen LogP contribution in [0, 0.1) is 6.92 Å². The molecule has 0 radical (unpaired) electrons. The molecule has 19 heavy (non-hydrogen) atoms. The number of thiophene rings is 1. The van der Waals surface area contributed by atoms with E-state index >= 15 is 0 Å². The maximum absolute atomic E-state index is 3.54. The van der Waals surface area contributed by atoms with E-state index in [2.05, 4.69) is 67.6 Å². The van der Waals surface area contributed by atoms with Crippen molar-refractivity contribution in [2.24, 2.45) is 0 Å². The Balaban J connectivity index is 1.92. The Morgan fingerprint density at radius 3 is 2.37 bits per heavy atom. The number of nitrogens with one attached hydrogen (secondary N) is 1. The maximum Gasteiger partial charge on any atom is 0.0303 e. The predicted octanol–water partition coefficient (Wildman–Crippen LogP) is 3.41. The molecule has 3 heteroatoms. The molecule has 0 bridgehead atoms. The van der Waals surface area contributed by atoms with Gasteiger partial charge in [0.05, 0.1) is 0 Å². The van der Waals surface area contributed by atoms with Gasteiger partial charge in [-0.3, -0.25) is 0 Å². The number of hydrogen-bond acceptors (Lipinski definition) is 3. The molecule has 2 nitrogen and oxygen atoms in total. The Labute approximate surface area is 120 Å². The first-order valence-corrected chi connectivity index (χ1v) is 7.44. The Bertz CT molecular complexity index is 517. The molecule has 0 atom stereocenters. The highest BCUT2D eigenvalue weighted by atomic mass is 32.1. The first kappa shape index (κ1) is 14.3. The molecule has 0 spiro atoms. The zero-order valence-electron chi connectivity index (χ0n) is 11.9. The van der Waals surface area contributed by atoms with E-state index in [0.29, 0.717) is 0 Å². The highest BCUT2D eigenvalue weighted by molar-refractivity contribution is 7.11. The minimum absolute atomic E-state index is 0.932. The Morgan fingerprint density at radius 2 is 1.74 bits per heavy atom. The van der Waals surface area contributed by atoms with Crippen LogP contribution >= 0.6 is 11.3 Å². The van der Waals surface area contributed by atoms with Gasteiger partial charge in [-0.25, -0.2) is 0 Å². The predicted molar refractivity (Wildman–Crippen MR) is 83.4 cm³/mol. The number of rotatable bonds is 6. The number of benzene rings is 1. The van der Waals surface area contributed by atoms with E-state index in [1.807, 2.05) is 11.3 Å². The van der Waals surface area contributed by atoms with E-state index in [0.717, 1.165) is 19.6 Å². The third kappa shape index (κ3) is 4.46. The van der Waals surface area contributed by atoms with Crippen LogP contribution in [-0.4, -0.2) is 19.0 Å². The topological polar surface area (TPSA) is 15.3 Å². The summed E-state index contributed by atoms with van der Waals surface area (Å²) in [6, 6.07) is 13.1. The summed E-state index contributed by atoms with van der Waals surface area (Å²) in [6.45, 7) is 5.03. The molecule has 1 aromatic heterocycles. The van der Waals surface area contributed by atoms with Crippen LogP contribution in [0.15, 0.2) is 36.4 Å². The van der Waals surface area contributed by atoms with Crippen molar-refractivity contribution < 1.29 is 0 Å². The normalized spacial score (nSPS) is 11.2. The second-order valence-corrected chi connectivity index (χ2v) is 6.49. The van der Waals surface area contributed by atoms with Gasteiger partial charge in [0.2, 0.25) is 0 Å². The van der Waals surface area contributed by atoms with Gasteiger partial charge in [-0.2, -0.15) is 0 Å². The molecule has 102 valence electrons. The van der Waals surface area contributed by atoms with E-state index in [9.17, 15) is 0 Å². The molecular weight excluding hydrogens is 252 g/mol. The molecule has 1 aromatic carbocycles. The van der Waals surface area contributed by atoms with Crippen LogP contribution in [0.2, 0.25) is 0 Å². The summed E-state index contributed by atoms with van der Waals surface area (Å²) in [7, 11) is 4.22. The number of nitrogens with zero attached hydrogens (tertiary/aromatic N) is 1. The van der Waals surface area contributed by atoms with Crippen LogP contribution in [0.5, 0.6) is 0 Å². The fourth-order valence-corrected chi connectivity index (χ4v) is 2.99. The largest absolute Gasteiger partial charge is 0.308 e. The third-order valence-corrected chi connectivity index (χ3v) is 4.02. The molecule has 0 unspecified atom stereocenters. The average Bonchev–Trinajstić information content (AvgIpc) is 2.77. The second kappa shape index (κ2) is 6.85. The van der Waals surface area contributed by atoms with Crippen LogP contribution in [0.25, 0.3) is 0 Å². The molecule has 0 fully saturated rings. The van der Waals surface area contributed by atoms with E-state index in [-0.39, 0.29) is 0 Å².